The Morgan fingerprint density at radius 1 is 1.06 bits per heavy atom. The van der Waals surface area contributed by atoms with Crippen LogP contribution in [-0.2, 0) is 20.7 Å². The number of carbonyl (C=O) groups excluding carboxylic acids is 2. The van der Waals surface area contributed by atoms with Crippen molar-refractivity contribution in [2.45, 2.75) is 18.9 Å². The Hall–Kier alpha value is -3.45. The molecule has 2 heterocycles. The Bertz CT molecular complexity index is 1060. The summed E-state index contributed by atoms with van der Waals surface area (Å²) in [6, 6.07) is 20.8. The number of rotatable bonds is 7. The number of nitrogens with zero attached hydrogens (tertiary/aromatic N) is 2. The average Bonchev–Trinajstić information content (AvgIpc) is 3.48. The van der Waals surface area contributed by atoms with E-state index in [9.17, 15) is 9.59 Å². The summed E-state index contributed by atoms with van der Waals surface area (Å²) in [6.07, 6.45) is 0.733. The molecule has 0 saturated carbocycles. The Kier molecular flexibility index (Phi) is 6.43. The molecular weight excluding hydrogens is 412 g/mol. The summed E-state index contributed by atoms with van der Waals surface area (Å²) in [5, 5.41) is 7.93. The fourth-order valence-electron chi connectivity index (χ4n) is 3.45. The van der Waals surface area contributed by atoms with Crippen molar-refractivity contribution in [1.82, 2.24) is 5.01 Å². The largest absolute Gasteiger partial charge is 0.497 e. The van der Waals surface area contributed by atoms with E-state index in [1.807, 2.05) is 72.1 Å². The van der Waals surface area contributed by atoms with Crippen molar-refractivity contribution in [2.24, 2.45) is 5.10 Å². The van der Waals surface area contributed by atoms with Crippen LogP contribution in [-0.4, -0.2) is 36.3 Å². The highest BCUT2D eigenvalue weighted by Gasteiger charge is 2.33. The van der Waals surface area contributed by atoms with E-state index in [0.717, 1.165) is 27.5 Å². The second kappa shape index (κ2) is 9.57. The van der Waals surface area contributed by atoms with Gasteiger partial charge in [0.15, 0.2) is 6.61 Å². The number of carbonyl (C=O) groups is 2. The van der Waals surface area contributed by atoms with Crippen LogP contribution in [0.5, 0.6) is 5.75 Å². The van der Waals surface area contributed by atoms with Gasteiger partial charge in [0.05, 0.1) is 25.3 Å². The number of hydrazone groups is 1. The molecule has 0 fully saturated rings. The zero-order valence-corrected chi connectivity index (χ0v) is 17.9. The van der Waals surface area contributed by atoms with E-state index in [4.69, 9.17) is 9.47 Å². The maximum atomic E-state index is 13.0. The molecule has 2 aromatic carbocycles. The van der Waals surface area contributed by atoms with Gasteiger partial charge in [0.2, 0.25) is 0 Å². The standard InChI is InChI=1S/C24H22N2O4S/c1-29-19-11-9-18(10-12-19)22-15-21(17-6-3-2-4-7-17)25-26(22)23(27)16-30-24(28)14-20-8-5-13-31-20/h2-13,22H,14-16H2,1H3. The van der Waals surface area contributed by atoms with Crippen LogP contribution in [0, 0.1) is 0 Å². The Labute approximate surface area is 184 Å². The van der Waals surface area contributed by atoms with Crippen molar-refractivity contribution in [2.75, 3.05) is 13.7 Å². The van der Waals surface area contributed by atoms with Crippen molar-refractivity contribution < 1.29 is 19.1 Å². The fourth-order valence-corrected chi connectivity index (χ4v) is 4.14. The SMILES string of the molecule is COc1ccc(C2CC(c3ccccc3)=NN2C(=O)COC(=O)Cc2cccs2)cc1. The summed E-state index contributed by atoms with van der Waals surface area (Å²) in [7, 11) is 1.61. The molecule has 3 aromatic rings. The van der Waals surface area contributed by atoms with Gasteiger partial charge in [0.25, 0.3) is 5.91 Å². The molecule has 0 aliphatic carbocycles. The first kappa shape index (κ1) is 20.8. The number of hydrogen-bond acceptors (Lipinski definition) is 6. The molecule has 0 radical (unpaired) electrons. The quantitative estimate of drug-likeness (QED) is 0.522. The highest BCUT2D eigenvalue weighted by molar-refractivity contribution is 7.10. The zero-order valence-electron chi connectivity index (χ0n) is 17.1. The van der Waals surface area contributed by atoms with Crippen LogP contribution in [0.2, 0.25) is 0 Å². The number of esters is 1. The number of methoxy groups -OCH3 is 1. The van der Waals surface area contributed by atoms with Gasteiger partial charge in [0, 0.05) is 11.3 Å². The van der Waals surface area contributed by atoms with Gasteiger partial charge in [-0.1, -0.05) is 48.5 Å². The molecule has 1 amide bonds. The second-order valence-electron chi connectivity index (χ2n) is 7.06. The van der Waals surface area contributed by atoms with Gasteiger partial charge >= 0.3 is 5.97 Å². The molecule has 1 aliphatic rings. The molecule has 4 rings (SSSR count). The van der Waals surface area contributed by atoms with E-state index in [1.54, 1.807) is 7.11 Å². The number of amides is 1. The lowest BCUT2D eigenvalue weighted by Gasteiger charge is -2.22. The molecule has 31 heavy (non-hydrogen) atoms. The predicted molar refractivity (Wildman–Crippen MR) is 119 cm³/mol. The Morgan fingerprint density at radius 2 is 1.84 bits per heavy atom. The predicted octanol–water partition coefficient (Wildman–Crippen LogP) is 4.22. The van der Waals surface area contributed by atoms with Crippen LogP contribution in [0.3, 0.4) is 0 Å². The monoisotopic (exact) mass is 434 g/mol. The van der Waals surface area contributed by atoms with E-state index in [0.29, 0.717) is 6.42 Å². The maximum Gasteiger partial charge on any atom is 0.311 e. The molecule has 0 spiro atoms. The zero-order chi connectivity index (χ0) is 21.6. The van der Waals surface area contributed by atoms with Crippen molar-refractivity contribution in [3.05, 3.63) is 88.1 Å². The van der Waals surface area contributed by atoms with E-state index < -0.39 is 5.97 Å². The van der Waals surface area contributed by atoms with E-state index in [2.05, 4.69) is 5.10 Å². The molecule has 158 valence electrons. The summed E-state index contributed by atoms with van der Waals surface area (Å²) in [5.41, 5.74) is 2.72. The van der Waals surface area contributed by atoms with Gasteiger partial charge < -0.3 is 9.47 Å². The van der Waals surface area contributed by atoms with Crippen LogP contribution < -0.4 is 4.74 Å². The van der Waals surface area contributed by atoms with Gasteiger partial charge in [-0.3, -0.25) is 9.59 Å². The molecular formula is C24H22N2O4S. The fraction of sp³-hybridized carbons (Fsp3) is 0.208. The van der Waals surface area contributed by atoms with Crippen LogP contribution in [0.1, 0.15) is 28.5 Å². The molecule has 7 heteroatoms. The first-order valence-electron chi connectivity index (χ1n) is 9.91. The number of hydrogen-bond donors (Lipinski definition) is 0. The highest BCUT2D eigenvalue weighted by atomic mass is 32.1. The minimum atomic E-state index is -0.428. The van der Waals surface area contributed by atoms with Gasteiger partial charge in [-0.2, -0.15) is 5.10 Å². The topological polar surface area (TPSA) is 68.2 Å². The van der Waals surface area contributed by atoms with Gasteiger partial charge in [-0.15, -0.1) is 11.3 Å². The van der Waals surface area contributed by atoms with E-state index in [1.165, 1.54) is 16.3 Å². The third-order valence-corrected chi connectivity index (χ3v) is 5.91. The third kappa shape index (κ3) is 5.00. The molecule has 1 aliphatic heterocycles. The van der Waals surface area contributed by atoms with Crippen molar-refractivity contribution >= 4 is 28.9 Å². The van der Waals surface area contributed by atoms with Crippen molar-refractivity contribution in [3.8, 4) is 5.75 Å². The summed E-state index contributed by atoms with van der Waals surface area (Å²) in [6.45, 7) is -0.345. The lowest BCUT2D eigenvalue weighted by Crippen LogP contribution is -2.31. The average molecular weight is 435 g/mol. The molecule has 0 saturated heterocycles. The Morgan fingerprint density at radius 3 is 2.52 bits per heavy atom. The minimum absolute atomic E-state index is 0.158. The van der Waals surface area contributed by atoms with Crippen molar-refractivity contribution in [3.63, 3.8) is 0 Å². The van der Waals surface area contributed by atoms with Gasteiger partial charge in [-0.05, 0) is 34.7 Å². The maximum absolute atomic E-state index is 13.0. The molecule has 1 atom stereocenters. The van der Waals surface area contributed by atoms with Crippen LogP contribution in [0.15, 0.2) is 77.2 Å². The normalized spacial score (nSPS) is 15.5. The second-order valence-corrected chi connectivity index (χ2v) is 8.09. The number of ether oxygens (including phenoxy) is 2. The summed E-state index contributed by atoms with van der Waals surface area (Å²) in [4.78, 5) is 26.0. The van der Waals surface area contributed by atoms with E-state index >= 15 is 0 Å². The summed E-state index contributed by atoms with van der Waals surface area (Å²) < 4.78 is 10.5. The van der Waals surface area contributed by atoms with Crippen LogP contribution >= 0.6 is 11.3 Å². The molecule has 0 bridgehead atoms. The number of benzene rings is 2. The highest BCUT2D eigenvalue weighted by Crippen LogP contribution is 2.33. The number of thiophene rings is 1. The molecule has 1 aromatic heterocycles. The van der Waals surface area contributed by atoms with Gasteiger partial charge in [-0.25, -0.2) is 5.01 Å². The lowest BCUT2D eigenvalue weighted by molar-refractivity contribution is -0.152. The first-order chi connectivity index (χ1) is 15.1. The van der Waals surface area contributed by atoms with Crippen LogP contribution in [0.4, 0.5) is 0 Å². The molecule has 0 N–H and O–H groups in total. The molecule has 1 unspecified atom stereocenters. The lowest BCUT2D eigenvalue weighted by atomic mass is 9.98. The van der Waals surface area contributed by atoms with Gasteiger partial charge in [0.1, 0.15) is 5.75 Å². The molecule has 6 nitrogen and oxygen atoms in total. The summed E-state index contributed by atoms with van der Waals surface area (Å²) in [5.74, 6) is -0.0409. The van der Waals surface area contributed by atoms with Crippen molar-refractivity contribution in [1.29, 1.82) is 0 Å². The smallest absolute Gasteiger partial charge is 0.311 e. The summed E-state index contributed by atoms with van der Waals surface area (Å²) >= 11 is 1.48. The third-order valence-electron chi connectivity index (χ3n) is 5.03. The first-order valence-corrected chi connectivity index (χ1v) is 10.8. The van der Waals surface area contributed by atoms with E-state index in [-0.39, 0.29) is 25.0 Å². The minimum Gasteiger partial charge on any atom is -0.497 e. The van der Waals surface area contributed by atoms with Crippen LogP contribution in [0.25, 0.3) is 0 Å². The Balaban J connectivity index is 1.50.